The molecule has 2 atom stereocenters. The second-order valence-corrected chi connectivity index (χ2v) is 2.78. The maximum atomic E-state index is 10.3. The largest absolute Gasteiger partial charge is 0.465 e. The van der Waals surface area contributed by atoms with Gasteiger partial charge in [0.15, 0.2) is 0 Å². The molecular formula is C8H14O6. The SMILES string of the molecule is CC(=O)OCC(O)CC(O)COC=O. The summed E-state index contributed by atoms with van der Waals surface area (Å²) in [5, 5.41) is 18.3. The fourth-order valence-electron chi connectivity index (χ4n) is 0.814. The van der Waals surface area contributed by atoms with Crippen LogP contribution < -0.4 is 0 Å². The summed E-state index contributed by atoms with van der Waals surface area (Å²) in [5.74, 6) is -0.498. The molecule has 0 fully saturated rings. The zero-order valence-corrected chi connectivity index (χ0v) is 7.88. The molecule has 0 heterocycles. The number of hydrogen-bond acceptors (Lipinski definition) is 6. The van der Waals surface area contributed by atoms with Crippen molar-refractivity contribution in [2.45, 2.75) is 25.6 Å². The average Bonchev–Trinajstić information content (AvgIpc) is 2.11. The molecule has 0 saturated carbocycles. The third-order valence-corrected chi connectivity index (χ3v) is 1.38. The lowest BCUT2D eigenvalue weighted by atomic mass is 10.2. The monoisotopic (exact) mass is 206 g/mol. The quantitative estimate of drug-likeness (QED) is 0.403. The molecule has 6 nitrogen and oxygen atoms in total. The molecule has 14 heavy (non-hydrogen) atoms. The summed E-state index contributed by atoms with van der Waals surface area (Å²) in [6.45, 7) is 1.08. The van der Waals surface area contributed by atoms with Gasteiger partial charge in [0.2, 0.25) is 0 Å². The molecule has 0 radical (unpaired) electrons. The van der Waals surface area contributed by atoms with E-state index in [1.54, 1.807) is 0 Å². The van der Waals surface area contributed by atoms with Crippen molar-refractivity contribution in [1.29, 1.82) is 0 Å². The molecule has 82 valence electrons. The van der Waals surface area contributed by atoms with Crippen molar-refractivity contribution in [3.05, 3.63) is 0 Å². The van der Waals surface area contributed by atoms with Crippen molar-refractivity contribution in [3.63, 3.8) is 0 Å². The van der Waals surface area contributed by atoms with Crippen molar-refractivity contribution in [1.82, 2.24) is 0 Å². The van der Waals surface area contributed by atoms with Gasteiger partial charge in [-0.1, -0.05) is 0 Å². The molecule has 0 aliphatic carbocycles. The first-order valence-corrected chi connectivity index (χ1v) is 4.11. The fourth-order valence-corrected chi connectivity index (χ4v) is 0.814. The Kier molecular flexibility index (Phi) is 6.69. The number of aliphatic hydroxyl groups is 2. The molecular weight excluding hydrogens is 192 g/mol. The number of hydrogen-bond donors (Lipinski definition) is 2. The lowest BCUT2D eigenvalue weighted by Gasteiger charge is -2.14. The van der Waals surface area contributed by atoms with Gasteiger partial charge in [0.05, 0.1) is 12.2 Å². The van der Waals surface area contributed by atoms with Gasteiger partial charge in [-0.3, -0.25) is 9.59 Å². The highest BCUT2D eigenvalue weighted by molar-refractivity contribution is 5.65. The molecule has 0 aromatic rings. The number of esters is 1. The van der Waals surface area contributed by atoms with E-state index in [9.17, 15) is 14.7 Å². The van der Waals surface area contributed by atoms with Gasteiger partial charge in [0.1, 0.15) is 13.2 Å². The van der Waals surface area contributed by atoms with E-state index in [4.69, 9.17) is 5.11 Å². The Morgan fingerprint density at radius 2 is 1.93 bits per heavy atom. The Labute approximate surface area is 81.4 Å². The lowest BCUT2D eigenvalue weighted by molar-refractivity contribution is -0.144. The van der Waals surface area contributed by atoms with E-state index < -0.39 is 18.2 Å². The van der Waals surface area contributed by atoms with Crippen LogP contribution in [0.15, 0.2) is 0 Å². The molecule has 0 amide bonds. The van der Waals surface area contributed by atoms with E-state index >= 15 is 0 Å². The van der Waals surface area contributed by atoms with E-state index in [0.717, 1.165) is 0 Å². The Bertz CT molecular complexity index is 181. The number of carbonyl (C=O) groups is 2. The van der Waals surface area contributed by atoms with Crippen molar-refractivity contribution in [2.24, 2.45) is 0 Å². The average molecular weight is 206 g/mol. The second kappa shape index (κ2) is 7.28. The van der Waals surface area contributed by atoms with Crippen molar-refractivity contribution < 1.29 is 29.3 Å². The van der Waals surface area contributed by atoms with Gasteiger partial charge in [-0.2, -0.15) is 0 Å². The van der Waals surface area contributed by atoms with E-state index in [1.807, 2.05) is 0 Å². The lowest BCUT2D eigenvalue weighted by Crippen LogP contribution is -2.26. The van der Waals surface area contributed by atoms with Crippen LogP contribution in [0.2, 0.25) is 0 Å². The summed E-state index contributed by atoms with van der Waals surface area (Å²) in [7, 11) is 0. The molecule has 0 aromatic heterocycles. The van der Waals surface area contributed by atoms with Crippen LogP contribution in [0.3, 0.4) is 0 Å². The molecule has 0 aliphatic rings. The van der Waals surface area contributed by atoms with E-state index in [0.29, 0.717) is 0 Å². The van der Waals surface area contributed by atoms with Crippen LogP contribution in [-0.4, -0.2) is 48.1 Å². The van der Waals surface area contributed by atoms with Crippen LogP contribution in [0.4, 0.5) is 0 Å². The Hall–Kier alpha value is -1.14. The second-order valence-electron chi connectivity index (χ2n) is 2.78. The molecule has 0 spiro atoms. The van der Waals surface area contributed by atoms with Gasteiger partial charge in [-0.05, 0) is 0 Å². The summed E-state index contributed by atoms with van der Waals surface area (Å²) in [6, 6.07) is 0. The summed E-state index contributed by atoms with van der Waals surface area (Å²) in [6.07, 6.45) is -1.92. The smallest absolute Gasteiger partial charge is 0.302 e. The highest BCUT2D eigenvalue weighted by Crippen LogP contribution is 1.99. The maximum Gasteiger partial charge on any atom is 0.302 e. The van der Waals surface area contributed by atoms with E-state index in [2.05, 4.69) is 9.47 Å². The zero-order valence-electron chi connectivity index (χ0n) is 7.88. The highest BCUT2D eigenvalue weighted by atomic mass is 16.5. The minimum atomic E-state index is -0.954. The van der Waals surface area contributed by atoms with Gasteiger partial charge in [-0.15, -0.1) is 0 Å². The molecule has 0 rings (SSSR count). The molecule has 2 N–H and O–H groups in total. The number of ether oxygens (including phenoxy) is 2. The number of carbonyl (C=O) groups excluding carboxylic acids is 2. The summed E-state index contributed by atoms with van der Waals surface area (Å²) in [4.78, 5) is 20.1. The fraction of sp³-hybridized carbons (Fsp3) is 0.750. The zero-order chi connectivity index (χ0) is 11.0. The normalized spacial score (nSPS) is 14.2. The minimum absolute atomic E-state index is 0.0128. The molecule has 6 heteroatoms. The number of aliphatic hydroxyl groups excluding tert-OH is 2. The summed E-state index contributed by atoms with van der Waals surface area (Å²) >= 11 is 0. The van der Waals surface area contributed by atoms with Gasteiger partial charge in [0.25, 0.3) is 6.47 Å². The first-order chi connectivity index (χ1) is 6.56. The van der Waals surface area contributed by atoms with Crippen LogP contribution in [0, 0.1) is 0 Å². The van der Waals surface area contributed by atoms with Crippen LogP contribution in [0.25, 0.3) is 0 Å². The first-order valence-electron chi connectivity index (χ1n) is 4.11. The summed E-state index contributed by atoms with van der Waals surface area (Å²) in [5.41, 5.74) is 0. The first kappa shape index (κ1) is 12.9. The Balaban J connectivity index is 3.54. The van der Waals surface area contributed by atoms with E-state index in [-0.39, 0.29) is 26.1 Å². The van der Waals surface area contributed by atoms with Crippen LogP contribution in [0.5, 0.6) is 0 Å². The predicted octanol–water partition coefficient (Wildman–Crippen LogP) is -1.17. The molecule has 0 saturated heterocycles. The topological polar surface area (TPSA) is 93.1 Å². The molecule has 0 aliphatic heterocycles. The van der Waals surface area contributed by atoms with E-state index in [1.165, 1.54) is 6.92 Å². The van der Waals surface area contributed by atoms with Gasteiger partial charge >= 0.3 is 5.97 Å². The maximum absolute atomic E-state index is 10.3. The van der Waals surface area contributed by atoms with Crippen LogP contribution in [-0.2, 0) is 19.1 Å². The van der Waals surface area contributed by atoms with Gasteiger partial charge in [0, 0.05) is 13.3 Å². The number of rotatable bonds is 7. The third kappa shape index (κ3) is 7.51. The van der Waals surface area contributed by atoms with Crippen molar-refractivity contribution in [3.8, 4) is 0 Å². The van der Waals surface area contributed by atoms with Crippen molar-refractivity contribution >= 4 is 12.4 Å². The Morgan fingerprint density at radius 1 is 1.36 bits per heavy atom. The Morgan fingerprint density at radius 3 is 2.43 bits per heavy atom. The van der Waals surface area contributed by atoms with Gasteiger partial charge < -0.3 is 19.7 Å². The highest BCUT2D eigenvalue weighted by Gasteiger charge is 2.13. The van der Waals surface area contributed by atoms with Crippen molar-refractivity contribution in [2.75, 3.05) is 13.2 Å². The molecule has 2 unspecified atom stereocenters. The molecule has 0 bridgehead atoms. The van der Waals surface area contributed by atoms with Crippen LogP contribution >= 0.6 is 0 Å². The van der Waals surface area contributed by atoms with Crippen LogP contribution in [0.1, 0.15) is 13.3 Å². The summed E-state index contributed by atoms with van der Waals surface area (Å²) < 4.78 is 8.77. The predicted molar refractivity (Wildman–Crippen MR) is 45.3 cm³/mol. The van der Waals surface area contributed by atoms with Gasteiger partial charge in [-0.25, -0.2) is 0 Å². The third-order valence-electron chi connectivity index (χ3n) is 1.38. The molecule has 0 aromatic carbocycles. The standard InChI is InChI=1S/C8H14O6/c1-6(10)14-4-8(12)2-7(11)3-13-5-9/h5,7-8,11-12H,2-4H2,1H3. The minimum Gasteiger partial charge on any atom is -0.465 e.